The van der Waals surface area contributed by atoms with E-state index in [0.717, 1.165) is 34.8 Å². The first-order valence-corrected chi connectivity index (χ1v) is 9.91. The van der Waals surface area contributed by atoms with E-state index in [1.54, 1.807) is 11.3 Å². The molecule has 0 fully saturated rings. The standard InChI is InChI=1S/C22H22N2OS/c1-15-7-10-18(11-8-15)22-23-19(14-26-22)13-21(25)24-16(2)9-12-17-5-3-4-6-20(17)24/h3-8,10-11,14,16H,9,12-13H2,1-2H3/t16-/m1/s1. The molecule has 4 heteroatoms. The van der Waals surface area contributed by atoms with Gasteiger partial charge in [-0.2, -0.15) is 0 Å². The molecule has 1 atom stereocenters. The first-order chi connectivity index (χ1) is 12.6. The number of carbonyl (C=O) groups excluding carboxylic acids is 1. The zero-order valence-electron chi connectivity index (χ0n) is 15.1. The third-order valence-electron chi connectivity index (χ3n) is 4.97. The van der Waals surface area contributed by atoms with Crippen LogP contribution in [0.15, 0.2) is 53.9 Å². The Morgan fingerprint density at radius 3 is 2.77 bits per heavy atom. The number of hydrogen-bond donors (Lipinski definition) is 0. The molecule has 0 saturated heterocycles. The second-order valence-corrected chi connectivity index (χ2v) is 7.83. The summed E-state index contributed by atoms with van der Waals surface area (Å²) in [6.07, 6.45) is 2.39. The van der Waals surface area contributed by atoms with Crippen molar-refractivity contribution in [1.82, 2.24) is 4.98 Å². The molecule has 1 aliphatic rings. The molecule has 0 radical (unpaired) electrons. The van der Waals surface area contributed by atoms with Gasteiger partial charge < -0.3 is 4.90 Å². The van der Waals surface area contributed by atoms with Crippen molar-refractivity contribution in [2.75, 3.05) is 4.90 Å². The lowest BCUT2D eigenvalue weighted by Gasteiger charge is -2.35. The average Bonchev–Trinajstić information content (AvgIpc) is 3.10. The molecular formula is C22H22N2OS. The summed E-state index contributed by atoms with van der Waals surface area (Å²) in [5.41, 5.74) is 5.52. The van der Waals surface area contributed by atoms with Gasteiger partial charge in [-0.25, -0.2) is 4.98 Å². The zero-order chi connectivity index (χ0) is 18.1. The van der Waals surface area contributed by atoms with Crippen molar-refractivity contribution in [3.63, 3.8) is 0 Å². The van der Waals surface area contributed by atoms with Crippen molar-refractivity contribution in [3.05, 3.63) is 70.7 Å². The molecule has 1 amide bonds. The van der Waals surface area contributed by atoms with Crippen LogP contribution >= 0.6 is 11.3 Å². The maximum Gasteiger partial charge on any atom is 0.233 e. The van der Waals surface area contributed by atoms with Crippen molar-refractivity contribution in [2.45, 2.75) is 39.2 Å². The van der Waals surface area contributed by atoms with Crippen molar-refractivity contribution < 1.29 is 4.79 Å². The predicted octanol–water partition coefficient (Wildman–Crippen LogP) is 5.03. The number of amides is 1. The highest BCUT2D eigenvalue weighted by Gasteiger charge is 2.28. The summed E-state index contributed by atoms with van der Waals surface area (Å²) < 4.78 is 0. The minimum Gasteiger partial charge on any atom is -0.309 e. The number of hydrogen-bond acceptors (Lipinski definition) is 3. The number of para-hydroxylation sites is 1. The summed E-state index contributed by atoms with van der Waals surface area (Å²) in [5, 5.41) is 2.98. The van der Waals surface area contributed by atoms with Crippen LogP contribution in [-0.4, -0.2) is 16.9 Å². The molecule has 26 heavy (non-hydrogen) atoms. The molecular weight excluding hydrogens is 340 g/mol. The average molecular weight is 362 g/mol. The topological polar surface area (TPSA) is 33.2 Å². The summed E-state index contributed by atoms with van der Waals surface area (Å²) in [6, 6.07) is 16.8. The van der Waals surface area contributed by atoms with E-state index in [1.165, 1.54) is 11.1 Å². The molecule has 132 valence electrons. The van der Waals surface area contributed by atoms with Gasteiger partial charge in [0, 0.05) is 22.7 Å². The number of nitrogens with zero attached hydrogens (tertiary/aromatic N) is 2. The normalized spacial score (nSPS) is 16.4. The highest BCUT2D eigenvalue weighted by Crippen LogP contribution is 2.31. The van der Waals surface area contributed by atoms with E-state index >= 15 is 0 Å². The highest BCUT2D eigenvalue weighted by atomic mass is 32.1. The van der Waals surface area contributed by atoms with Gasteiger partial charge in [-0.05, 0) is 38.3 Å². The highest BCUT2D eigenvalue weighted by molar-refractivity contribution is 7.13. The van der Waals surface area contributed by atoms with Crippen molar-refractivity contribution in [1.29, 1.82) is 0 Å². The molecule has 0 N–H and O–H groups in total. The second kappa shape index (κ2) is 7.04. The van der Waals surface area contributed by atoms with Gasteiger partial charge in [0.25, 0.3) is 0 Å². The number of aromatic nitrogens is 1. The third kappa shape index (κ3) is 3.29. The fourth-order valence-electron chi connectivity index (χ4n) is 3.53. The first-order valence-electron chi connectivity index (χ1n) is 9.03. The second-order valence-electron chi connectivity index (χ2n) is 6.97. The van der Waals surface area contributed by atoms with E-state index in [0.29, 0.717) is 6.42 Å². The van der Waals surface area contributed by atoms with Crippen LogP contribution in [0.3, 0.4) is 0 Å². The molecule has 0 aliphatic carbocycles. The minimum absolute atomic E-state index is 0.130. The van der Waals surface area contributed by atoms with Crippen LogP contribution in [0.5, 0.6) is 0 Å². The summed E-state index contributed by atoms with van der Waals surface area (Å²) >= 11 is 1.60. The predicted molar refractivity (Wildman–Crippen MR) is 108 cm³/mol. The SMILES string of the molecule is Cc1ccc(-c2nc(CC(=O)N3c4ccccc4CC[C@H]3C)cs2)cc1. The third-order valence-corrected chi connectivity index (χ3v) is 5.91. The molecule has 3 nitrogen and oxygen atoms in total. The van der Waals surface area contributed by atoms with Crippen LogP contribution in [0, 0.1) is 6.92 Å². The Labute approximate surface area is 158 Å². The largest absolute Gasteiger partial charge is 0.309 e. The molecule has 2 aromatic carbocycles. The number of thiazole rings is 1. The minimum atomic E-state index is 0.130. The Morgan fingerprint density at radius 2 is 1.96 bits per heavy atom. The van der Waals surface area contributed by atoms with E-state index in [1.807, 2.05) is 22.4 Å². The van der Waals surface area contributed by atoms with Gasteiger partial charge in [0.2, 0.25) is 5.91 Å². The quantitative estimate of drug-likeness (QED) is 0.655. The van der Waals surface area contributed by atoms with Crippen LogP contribution in [0.1, 0.15) is 30.2 Å². The molecule has 4 rings (SSSR count). The summed E-state index contributed by atoms with van der Waals surface area (Å²) in [4.78, 5) is 19.7. The molecule has 0 spiro atoms. The number of benzene rings is 2. The molecule has 0 bridgehead atoms. The number of anilines is 1. The van der Waals surface area contributed by atoms with Crippen LogP contribution in [-0.2, 0) is 17.6 Å². The van der Waals surface area contributed by atoms with Crippen LogP contribution in [0.4, 0.5) is 5.69 Å². The fraction of sp³-hybridized carbons (Fsp3) is 0.273. The molecule has 0 saturated carbocycles. The Balaban J connectivity index is 1.55. The number of carbonyl (C=O) groups is 1. The summed E-state index contributed by atoms with van der Waals surface area (Å²) in [7, 11) is 0. The van der Waals surface area contributed by atoms with Gasteiger partial charge >= 0.3 is 0 Å². The van der Waals surface area contributed by atoms with E-state index < -0.39 is 0 Å². The van der Waals surface area contributed by atoms with Crippen molar-refractivity contribution in [3.8, 4) is 10.6 Å². The van der Waals surface area contributed by atoms with Crippen LogP contribution in [0.25, 0.3) is 10.6 Å². The first kappa shape index (κ1) is 17.0. The van der Waals surface area contributed by atoms with Gasteiger partial charge in [0.1, 0.15) is 5.01 Å². The van der Waals surface area contributed by atoms with E-state index in [4.69, 9.17) is 4.98 Å². The Hall–Kier alpha value is -2.46. The Bertz CT molecular complexity index is 929. The maximum absolute atomic E-state index is 13.0. The lowest BCUT2D eigenvalue weighted by molar-refractivity contribution is -0.118. The van der Waals surface area contributed by atoms with Gasteiger partial charge in [0.05, 0.1) is 12.1 Å². The fourth-order valence-corrected chi connectivity index (χ4v) is 4.35. The van der Waals surface area contributed by atoms with Gasteiger partial charge in [-0.3, -0.25) is 4.79 Å². The lowest BCUT2D eigenvalue weighted by Crippen LogP contribution is -2.43. The molecule has 1 aromatic heterocycles. The molecule has 2 heterocycles. The molecule has 0 unspecified atom stereocenters. The van der Waals surface area contributed by atoms with Gasteiger partial charge in [-0.15, -0.1) is 11.3 Å². The Morgan fingerprint density at radius 1 is 1.19 bits per heavy atom. The summed E-state index contributed by atoms with van der Waals surface area (Å²) in [5.74, 6) is 0.130. The number of rotatable bonds is 3. The maximum atomic E-state index is 13.0. The van der Waals surface area contributed by atoms with Crippen molar-refractivity contribution >= 4 is 22.9 Å². The van der Waals surface area contributed by atoms with Crippen LogP contribution < -0.4 is 4.90 Å². The van der Waals surface area contributed by atoms with Gasteiger partial charge in [-0.1, -0.05) is 48.0 Å². The van der Waals surface area contributed by atoms with E-state index in [-0.39, 0.29) is 11.9 Å². The lowest BCUT2D eigenvalue weighted by atomic mass is 9.96. The Kier molecular flexibility index (Phi) is 4.60. The van der Waals surface area contributed by atoms with Crippen molar-refractivity contribution in [2.24, 2.45) is 0 Å². The molecule has 3 aromatic rings. The van der Waals surface area contributed by atoms with E-state index in [9.17, 15) is 4.79 Å². The number of aryl methyl sites for hydroxylation is 2. The summed E-state index contributed by atoms with van der Waals surface area (Å²) in [6.45, 7) is 4.21. The number of fused-ring (bicyclic) bond motifs is 1. The van der Waals surface area contributed by atoms with E-state index in [2.05, 4.69) is 50.2 Å². The van der Waals surface area contributed by atoms with Gasteiger partial charge in [0.15, 0.2) is 0 Å². The smallest absolute Gasteiger partial charge is 0.233 e. The monoisotopic (exact) mass is 362 g/mol. The molecule has 1 aliphatic heterocycles. The van der Waals surface area contributed by atoms with Crippen LogP contribution in [0.2, 0.25) is 0 Å². The zero-order valence-corrected chi connectivity index (χ0v) is 15.9.